The third kappa shape index (κ3) is 3.76. The molecule has 0 radical (unpaired) electrons. The van der Waals surface area contributed by atoms with Crippen LogP contribution in [-0.2, 0) is 0 Å². The van der Waals surface area contributed by atoms with E-state index in [1.807, 2.05) is 13.0 Å². The molecule has 1 N–H and O–H groups in total. The van der Waals surface area contributed by atoms with Gasteiger partial charge in [-0.3, -0.25) is 0 Å². The summed E-state index contributed by atoms with van der Waals surface area (Å²) in [6, 6.07) is 8.43. The van der Waals surface area contributed by atoms with Gasteiger partial charge in [0.15, 0.2) is 0 Å². The van der Waals surface area contributed by atoms with Gasteiger partial charge in [-0.15, -0.1) is 0 Å². The van der Waals surface area contributed by atoms with Crippen molar-refractivity contribution in [2.75, 3.05) is 42.9 Å². The minimum Gasteiger partial charge on any atom is -0.338 e. The Kier molecular flexibility index (Phi) is 4.71. The van der Waals surface area contributed by atoms with Gasteiger partial charge in [-0.1, -0.05) is 19.1 Å². The maximum absolute atomic E-state index is 13.8. The van der Waals surface area contributed by atoms with E-state index >= 15 is 0 Å². The van der Waals surface area contributed by atoms with Crippen LogP contribution < -0.4 is 10.2 Å². The standard InChI is InChI=1S/C17H22FN5/c1-3-22-8-10-23(11-9-22)17-19-13(2)12-16(21-17)20-15-7-5-4-6-14(15)18/h4-7,12H,3,8-11H2,1-2H3,(H,19,20,21). The Morgan fingerprint density at radius 2 is 1.87 bits per heavy atom. The molecular formula is C17H22FN5. The molecule has 23 heavy (non-hydrogen) atoms. The zero-order chi connectivity index (χ0) is 16.2. The van der Waals surface area contributed by atoms with E-state index in [-0.39, 0.29) is 5.82 Å². The summed E-state index contributed by atoms with van der Waals surface area (Å²) in [5.74, 6) is 1.04. The van der Waals surface area contributed by atoms with Crippen LogP contribution in [0.1, 0.15) is 12.6 Å². The van der Waals surface area contributed by atoms with Gasteiger partial charge in [0.2, 0.25) is 5.95 Å². The molecule has 3 rings (SSSR count). The molecule has 0 spiro atoms. The van der Waals surface area contributed by atoms with Gasteiger partial charge >= 0.3 is 0 Å². The van der Waals surface area contributed by atoms with Crippen molar-refractivity contribution < 1.29 is 4.39 Å². The van der Waals surface area contributed by atoms with E-state index < -0.39 is 0 Å². The molecule has 6 heteroatoms. The van der Waals surface area contributed by atoms with Crippen molar-refractivity contribution in [3.05, 3.63) is 41.8 Å². The molecular weight excluding hydrogens is 293 g/mol. The van der Waals surface area contributed by atoms with E-state index in [1.165, 1.54) is 6.07 Å². The highest BCUT2D eigenvalue weighted by Crippen LogP contribution is 2.21. The molecule has 0 amide bonds. The van der Waals surface area contributed by atoms with Gasteiger partial charge in [0.05, 0.1) is 5.69 Å². The van der Waals surface area contributed by atoms with Crippen LogP contribution in [0.25, 0.3) is 0 Å². The first-order valence-electron chi connectivity index (χ1n) is 8.00. The van der Waals surface area contributed by atoms with Gasteiger partial charge in [0, 0.05) is 37.9 Å². The predicted molar refractivity (Wildman–Crippen MR) is 90.8 cm³/mol. The van der Waals surface area contributed by atoms with Crippen LogP contribution in [0, 0.1) is 12.7 Å². The second kappa shape index (κ2) is 6.91. The Labute approximate surface area is 136 Å². The van der Waals surface area contributed by atoms with Crippen molar-refractivity contribution in [2.45, 2.75) is 13.8 Å². The number of likely N-dealkylation sites (N-methyl/N-ethyl adjacent to an activating group) is 1. The van der Waals surface area contributed by atoms with E-state index in [0.29, 0.717) is 17.5 Å². The van der Waals surface area contributed by atoms with Gasteiger partial charge < -0.3 is 15.1 Å². The van der Waals surface area contributed by atoms with Gasteiger partial charge in [0.1, 0.15) is 11.6 Å². The lowest BCUT2D eigenvalue weighted by atomic mass is 10.3. The van der Waals surface area contributed by atoms with Crippen molar-refractivity contribution >= 4 is 17.5 Å². The number of rotatable bonds is 4. The van der Waals surface area contributed by atoms with E-state index in [0.717, 1.165) is 38.4 Å². The summed E-state index contributed by atoms with van der Waals surface area (Å²) in [5, 5.41) is 3.05. The van der Waals surface area contributed by atoms with Crippen LogP contribution >= 0.6 is 0 Å². The number of para-hydroxylation sites is 1. The molecule has 1 fully saturated rings. The Morgan fingerprint density at radius 3 is 2.57 bits per heavy atom. The minimum atomic E-state index is -0.290. The second-order valence-corrected chi connectivity index (χ2v) is 5.72. The molecule has 0 atom stereocenters. The summed E-state index contributed by atoms with van der Waals surface area (Å²) in [4.78, 5) is 13.7. The van der Waals surface area contributed by atoms with Crippen LogP contribution in [-0.4, -0.2) is 47.6 Å². The largest absolute Gasteiger partial charge is 0.338 e. The second-order valence-electron chi connectivity index (χ2n) is 5.72. The third-order valence-corrected chi connectivity index (χ3v) is 4.08. The number of benzene rings is 1. The van der Waals surface area contributed by atoms with Crippen molar-refractivity contribution in [3.63, 3.8) is 0 Å². The maximum Gasteiger partial charge on any atom is 0.227 e. The van der Waals surface area contributed by atoms with Crippen molar-refractivity contribution in [1.82, 2.24) is 14.9 Å². The number of halogens is 1. The molecule has 1 aliphatic heterocycles. The summed E-state index contributed by atoms with van der Waals surface area (Å²) in [6.45, 7) is 9.04. The Hall–Kier alpha value is -2.21. The lowest BCUT2D eigenvalue weighted by Crippen LogP contribution is -2.46. The average molecular weight is 315 g/mol. The maximum atomic E-state index is 13.8. The molecule has 0 bridgehead atoms. The number of aromatic nitrogens is 2. The normalized spacial score (nSPS) is 15.7. The van der Waals surface area contributed by atoms with Gasteiger partial charge in [-0.05, 0) is 25.6 Å². The Balaban J connectivity index is 1.78. The quantitative estimate of drug-likeness (QED) is 0.940. The van der Waals surface area contributed by atoms with Crippen LogP contribution in [0.3, 0.4) is 0 Å². The highest BCUT2D eigenvalue weighted by atomic mass is 19.1. The number of anilines is 3. The summed E-state index contributed by atoms with van der Waals surface area (Å²) >= 11 is 0. The molecule has 2 aromatic rings. The van der Waals surface area contributed by atoms with E-state index in [2.05, 4.69) is 32.0 Å². The molecule has 0 aliphatic carbocycles. The SMILES string of the molecule is CCN1CCN(c2nc(C)cc(Nc3ccccc3F)n2)CC1. The topological polar surface area (TPSA) is 44.3 Å². The van der Waals surface area contributed by atoms with Gasteiger partial charge in [-0.25, -0.2) is 9.37 Å². The zero-order valence-corrected chi connectivity index (χ0v) is 13.6. The lowest BCUT2D eigenvalue weighted by molar-refractivity contribution is 0.270. The molecule has 2 heterocycles. The monoisotopic (exact) mass is 315 g/mol. The summed E-state index contributed by atoms with van der Waals surface area (Å²) in [6.07, 6.45) is 0. The molecule has 1 aromatic carbocycles. The first-order valence-corrected chi connectivity index (χ1v) is 8.00. The number of hydrogen-bond donors (Lipinski definition) is 1. The number of aryl methyl sites for hydroxylation is 1. The Morgan fingerprint density at radius 1 is 1.13 bits per heavy atom. The van der Waals surface area contributed by atoms with E-state index in [4.69, 9.17) is 0 Å². The third-order valence-electron chi connectivity index (χ3n) is 4.08. The first-order chi connectivity index (χ1) is 11.2. The van der Waals surface area contributed by atoms with Crippen LogP contribution in [0.15, 0.2) is 30.3 Å². The smallest absolute Gasteiger partial charge is 0.227 e. The van der Waals surface area contributed by atoms with Gasteiger partial charge in [-0.2, -0.15) is 4.98 Å². The van der Waals surface area contributed by atoms with E-state index in [1.54, 1.807) is 18.2 Å². The summed E-state index contributed by atoms with van der Waals surface area (Å²) in [7, 11) is 0. The fourth-order valence-corrected chi connectivity index (χ4v) is 2.72. The highest BCUT2D eigenvalue weighted by molar-refractivity contribution is 5.58. The fraction of sp³-hybridized carbons (Fsp3) is 0.412. The number of hydrogen-bond acceptors (Lipinski definition) is 5. The molecule has 122 valence electrons. The number of piperazine rings is 1. The molecule has 0 unspecified atom stereocenters. The van der Waals surface area contributed by atoms with Crippen molar-refractivity contribution in [3.8, 4) is 0 Å². The molecule has 0 saturated carbocycles. The number of nitrogens with zero attached hydrogens (tertiary/aromatic N) is 4. The van der Waals surface area contributed by atoms with Crippen molar-refractivity contribution in [2.24, 2.45) is 0 Å². The highest BCUT2D eigenvalue weighted by Gasteiger charge is 2.18. The molecule has 1 aliphatic rings. The molecule has 1 aromatic heterocycles. The van der Waals surface area contributed by atoms with Crippen LogP contribution in [0.4, 0.5) is 21.8 Å². The summed E-state index contributed by atoms with van der Waals surface area (Å²) in [5.41, 5.74) is 1.29. The summed E-state index contributed by atoms with van der Waals surface area (Å²) < 4.78 is 13.8. The van der Waals surface area contributed by atoms with E-state index in [9.17, 15) is 4.39 Å². The average Bonchev–Trinajstić information content (AvgIpc) is 2.56. The molecule has 5 nitrogen and oxygen atoms in total. The van der Waals surface area contributed by atoms with Crippen LogP contribution in [0.5, 0.6) is 0 Å². The van der Waals surface area contributed by atoms with Crippen molar-refractivity contribution in [1.29, 1.82) is 0 Å². The minimum absolute atomic E-state index is 0.290. The van der Waals surface area contributed by atoms with Gasteiger partial charge in [0.25, 0.3) is 0 Å². The number of nitrogens with one attached hydrogen (secondary N) is 1. The predicted octanol–water partition coefficient (Wildman–Crippen LogP) is 2.81. The fourth-order valence-electron chi connectivity index (χ4n) is 2.72. The Bertz CT molecular complexity index is 668. The first kappa shape index (κ1) is 15.7. The van der Waals surface area contributed by atoms with Crippen LogP contribution in [0.2, 0.25) is 0 Å². The lowest BCUT2D eigenvalue weighted by Gasteiger charge is -2.34. The molecule has 1 saturated heterocycles. The zero-order valence-electron chi connectivity index (χ0n) is 13.6.